The Hall–Kier alpha value is -0.860. The number of piperazine rings is 1. The van der Waals surface area contributed by atoms with Crippen LogP contribution in [0.3, 0.4) is 0 Å². The standard InChI is InChI=1S/C15H22N2/c1-12-9-16-15(14-5-3-2-4-6-14)11-17(12)10-13-7-8-13/h2-6,12-13,15-16H,7-11H2,1H3. The highest BCUT2D eigenvalue weighted by atomic mass is 15.2. The third-order valence-corrected chi connectivity index (χ3v) is 4.09. The molecule has 1 aliphatic heterocycles. The quantitative estimate of drug-likeness (QED) is 0.858. The Morgan fingerprint density at radius 1 is 1.24 bits per heavy atom. The highest BCUT2D eigenvalue weighted by Crippen LogP contribution is 2.31. The summed E-state index contributed by atoms with van der Waals surface area (Å²) in [6, 6.07) is 12.1. The van der Waals surface area contributed by atoms with Crippen LogP contribution in [0.1, 0.15) is 31.4 Å². The molecule has 0 bridgehead atoms. The van der Waals surface area contributed by atoms with Gasteiger partial charge in [0.1, 0.15) is 0 Å². The van der Waals surface area contributed by atoms with E-state index in [1.165, 1.54) is 31.5 Å². The Morgan fingerprint density at radius 3 is 2.71 bits per heavy atom. The topological polar surface area (TPSA) is 15.3 Å². The predicted molar refractivity (Wildman–Crippen MR) is 70.9 cm³/mol. The molecule has 2 aliphatic rings. The first kappa shape index (κ1) is 11.2. The summed E-state index contributed by atoms with van der Waals surface area (Å²) < 4.78 is 0. The summed E-state index contributed by atoms with van der Waals surface area (Å²) >= 11 is 0. The lowest BCUT2D eigenvalue weighted by Crippen LogP contribution is -2.51. The SMILES string of the molecule is CC1CNC(c2ccccc2)CN1CC1CC1. The van der Waals surface area contributed by atoms with Crippen molar-refractivity contribution < 1.29 is 0 Å². The van der Waals surface area contributed by atoms with E-state index < -0.39 is 0 Å². The molecule has 2 unspecified atom stereocenters. The highest BCUT2D eigenvalue weighted by molar-refractivity contribution is 5.20. The van der Waals surface area contributed by atoms with Crippen LogP contribution in [-0.4, -0.2) is 30.6 Å². The van der Waals surface area contributed by atoms with Gasteiger partial charge in [-0.15, -0.1) is 0 Å². The summed E-state index contributed by atoms with van der Waals surface area (Å²) in [7, 11) is 0. The Morgan fingerprint density at radius 2 is 2.00 bits per heavy atom. The van der Waals surface area contributed by atoms with Gasteiger partial charge in [-0.2, -0.15) is 0 Å². The third kappa shape index (κ3) is 2.70. The minimum absolute atomic E-state index is 0.520. The highest BCUT2D eigenvalue weighted by Gasteiger charge is 2.31. The Balaban J connectivity index is 1.66. The van der Waals surface area contributed by atoms with Crippen molar-refractivity contribution in [1.29, 1.82) is 0 Å². The summed E-state index contributed by atoms with van der Waals surface area (Å²) in [6.45, 7) is 5.94. The Bertz CT molecular complexity index is 358. The maximum atomic E-state index is 3.67. The van der Waals surface area contributed by atoms with E-state index >= 15 is 0 Å². The molecule has 2 heteroatoms. The van der Waals surface area contributed by atoms with Crippen LogP contribution in [0.2, 0.25) is 0 Å². The molecule has 2 atom stereocenters. The van der Waals surface area contributed by atoms with Gasteiger partial charge in [0.05, 0.1) is 0 Å². The number of benzene rings is 1. The molecule has 2 fully saturated rings. The van der Waals surface area contributed by atoms with Gasteiger partial charge in [-0.05, 0) is 31.2 Å². The van der Waals surface area contributed by atoms with Crippen LogP contribution in [0.25, 0.3) is 0 Å². The monoisotopic (exact) mass is 230 g/mol. The van der Waals surface area contributed by atoms with Crippen molar-refractivity contribution >= 4 is 0 Å². The van der Waals surface area contributed by atoms with Crippen LogP contribution in [0, 0.1) is 5.92 Å². The minimum Gasteiger partial charge on any atom is -0.307 e. The molecule has 17 heavy (non-hydrogen) atoms. The van der Waals surface area contributed by atoms with E-state index in [9.17, 15) is 0 Å². The van der Waals surface area contributed by atoms with Crippen LogP contribution in [0.5, 0.6) is 0 Å². The van der Waals surface area contributed by atoms with E-state index in [0.717, 1.165) is 12.5 Å². The second-order valence-electron chi connectivity index (χ2n) is 5.62. The minimum atomic E-state index is 0.520. The largest absolute Gasteiger partial charge is 0.307 e. The van der Waals surface area contributed by atoms with E-state index in [4.69, 9.17) is 0 Å². The number of rotatable bonds is 3. The van der Waals surface area contributed by atoms with Crippen molar-refractivity contribution in [2.75, 3.05) is 19.6 Å². The molecule has 0 aromatic heterocycles. The van der Waals surface area contributed by atoms with Crippen LogP contribution in [0.4, 0.5) is 0 Å². The first-order chi connectivity index (χ1) is 8.33. The van der Waals surface area contributed by atoms with Gasteiger partial charge in [-0.1, -0.05) is 30.3 Å². The Labute approximate surface area is 104 Å². The van der Waals surface area contributed by atoms with Gasteiger partial charge in [0.15, 0.2) is 0 Å². The summed E-state index contributed by atoms with van der Waals surface area (Å²) in [4.78, 5) is 2.67. The zero-order valence-electron chi connectivity index (χ0n) is 10.6. The molecule has 0 radical (unpaired) electrons. The summed E-state index contributed by atoms with van der Waals surface area (Å²) in [5.41, 5.74) is 1.43. The normalized spacial score (nSPS) is 30.4. The lowest BCUT2D eigenvalue weighted by atomic mass is 10.0. The van der Waals surface area contributed by atoms with Gasteiger partial charge in [0.25, 0.3) is 0 Å². The first-order valence-electron chi connectivity index (χ1n) is 6.85. The van der Waals surface area contributed by atoms with Gasteiger partial charge < -0.3 is 5.32 Å². The number of hydrogen-bond donors (Lipinski definition) is 1. The molecular formula is C15H22N2. The van der Waals surface area contributed by atoms with Crippen LogP contribution >= 0.6 is 0 Å². The Kier molecular flexibility index (Phi) is 3.17. The molecule has 1 aromatic carbocycles. The van der Waals surface area contributed by atoms with Gasteiger partial charge in [-0.3, -0.25) is 4.90 Å². The maximum absolute atomic E-state index is 3.67. The summed E-state index contributed by atoms with van der Waals surface area (Å²) in [6.07, 6.45) is 2.90. The fourth-order valence-electron chi connectivity index (χ4n) is 2.72. The molecule has 3 rings (SSSR count). The number of nitrogens with zero attached hydrogens (tertiary/aromatic N) is 1. The average Bonchev–Trinajstić information content (AvgIpc) is 3.17. The van der Waals surface area contributed by atoms with Gasteiger partial charge >= 0.3 is 0 Å². The van der Waals surface area contributed by atoms with Crippen molar-refractivity contribution in [3.63, 3.8) is 0 Å². The van der Waals surface area contributed by atoms with Gasteiger partial charge in [-0.25, -0.2) is 0 Å². The molecule has 0 spiro atoms. The molecule has 2 nitrogen and oxygen atoms in total. The van der Waals surface area contributed by atoms with Crippen molar-refractivity contribution in [2.24, 2.45) is 5.92 Å². The fraction of sp³-hybridized carbons (Fsp3) is 0.600. The molecule has 1 aromatic rings. The molecule has 1 N–H and O–H groups in total. The summed E-state index contributed by atoms with van der Waals surface area (Å²) in [5, 5.41) is 3.67. The van der Waals surface area contributed by atoms with Crippen LogP contribution in [-0.2, 0) is 0 Å². The molecule has 92 valence electrons. The molecule has 1 saturated heterocycles. The van der Waals surface area contributed by atoms with E-state index in [0.29, 0.717) is 12.1 Å². The van der Waals surface area contributed by atoms with Crippen molar-refractivity contribution in [1.82, 2.24) is 10.2 Å². The van der Waals surface area contributed by atoms with Crippen molar-refractivity contribution in [3.05, 3.63) is 35.9 Å². The maximum Gasteiger partial charge on any atom is 0.0449 e. The van der Waals surface area contributed by atoms with E-state index in [-0.39, 0.29) is 0 Å². The zero-order valence-corrected chi connectivity index (χ0v) is 10.6. The molecule has 1 aliphatic carbocycles. The number of nitrogens with one attached hydrogen (secondary N) is 1. The smallest absolute Gasteiger partial charge is 0.0449 e. The predicted octanol–water partition coefficient (Wildman–Crippen LogP) is 2.43. The fourth-order valence-corrected chi connectivity index (χ4v) is 2.72. The van der Waals surface area contributed by atoms with E-state index in [1.54, 1.807) is 0 Å². The summed E-state index contributed by atoms with van der Waals surface area (Å²) in [5.74, 6) is 0.993. The zero-order chi connectivity index (χ0) is 11.7. The first-order valence-corrected chi connectivity index (χ1v) is 6.85. The van der Waals surface area contributed by atoms with Gasteiger partial charge in [0, 0.05) is 31.7 Å². The van der Waals surface area contributed by atoms with Gasteiger partial charge in [0.2, 0.25) is 0 Å². The molecule has 1 saturated carbocycles. The second kappa shape index (κ2) is 4.79. The van der Waals surface area contributed by atoms with Crippen molar-refractivity contribution in [3.8, 4) is 0 Å². The number of hydrogen-bond acceptors (Lipinski definition) is 2. The van der Waals surface area contributed by atoms with E-state index in [2.05, 4.69) is 47.5 Å². The van der Waals surface area contributed by atoms with E-state index in [1.807, 2.05) is 0 Å². The lowest BCUT2D eigenvalue weighted by molar-refractivity contribution is 0.135. The average molecular weight is 230 g/mol. The second-order valence-corrected chi connectivity index (χ2v) is 5.62. The van der Waals surface area contributed by atoms with Crippen molar-refractivity contribution in [2.45, 2.75) is 31.8 Å². The lowest BCUT2D eigenvalue weighted by Gasteiger charge is -2.39. The molecule has 1 heterocycles. The third-order valence-electron chi connectivity index (χ3n) is 4.09. The van der Waals surface area contributed by atoms with Crippen LogP contribution in [0.15, 0.2) is 30.3 Å². The van der Waals surface area contributed by atoms with Crippen LogP contribution < -0.4 is 5.32 Å². The molecular weight excluding hydrogens is 208 g/mol. The molecule has 0 amide bonds.